The zero-order chi connectivity index (χ0) is 33.3. The molecule has 0 aliphatic heterocycles. The second-order valence-electron chi connectivity index (χ2n) is 12.7. The Hall–Kier alpha value is -6.36. The van der Waals surface area contributed by atoms with Crippen molar-refractivity contribution in [3.8, 4) is 40.1 Å². The van der Waals surface area contributed by atoms with Crippen LogP contribution in [0.4, 0.5) is 11.4 Å². The number of nitrogens with zero attached hydrogens (tertiary/aromatic N) is 3. The lowest BCUT2D eigenvalue weighted by atomic mass is 9.91. The third-order valence-electron chi connectivity index (χ3n) is 9.80. The van der Waals surface area contributed by atoms with Gasteiger partial charge in [-0.1, -0.05) is 91.0 Å². The van der Waals surface area contributed by atoms with E-state index in [1.807, 2.05) is 18.2 Å². The molecule has 0 bridgehead atoms. The highest BCUT2D eigenvalue weighted by Crippen LogP contribution is 2.40. The highest BCUT2D eigenvalue weighted by molar-refractivity contribution is 5.97. The van der Waals surface area contributed by atoms with Gasteiger partial charge in [-0.05, 0) is 103 Å². The van der Waals surface area contributed by atoms with Crippen molar-refractivity contribution in [1.29, 1.82) is 10.5 Å². The van der Waals surface area contributed by atoms with Gasteiger partial charge in [0.25, 0.3) is 0 Å². The van der Waals surface area contributed by atoms with Crippen LogP contribution in [0.1, 0.15) is 54.1 Å². The first-order valence-electron chi connectivity index (χ1n) is 16.8. The molecule has 0 radical (unpaired) electrons. The van der Waals surface area contributed by atoms with Crippen molar-refractivity contribution in [3.63, 3.8) is 0 Å². The summed E-state index contributed by atoms with van der Waals surface area (Å²) in [5.41, 5.74) is 15.6. The van der Waals surface area contributed by atoms with E-state index in [0.29, 0.717) is 11.1 Å². The average Bonchev–Trinajstić information content (AvgIpc) is 3.50. The summed E-state index contributed by atoms with van der Waals surface area (Å²) in [5.74, 6) is 0. The topological polar surface area (TPSA) is 64.5 Å². The largest absolute Gasteiger partial charge is 0.355 e. The van der Waals surface area contributed by atoms with E-state index in [1.165, 1.54) is 16.7 Å². The molecule has 1 aromatic heterocycles. The van der Waals surface area contributed by atoms with Crippen LogP contribution in [0.5, 0.6) is 0 Å². The zero-order valence-electron chi connectivity index (χ0n) is 27.4. The Morgan fingerprint density at radius 2 is 1.33 bits per heavy atom. The summed E-state index contributed by atoms with van der Waals surface area (Å²) in [7, 11) is 0. The van der Waals surface area contributed by atoms with Gasteiger partial charge in [-0.3, -0.25) is 0 Å². The van der Waals surface area contributed by atoms with Crippen LogP contribution in [0.25, 0.3) is 50.5 Å². The Balaban J connectivity index is 1.18. The van der Waals surface area contributed by atoms with Gasteiger partial charge in [0.05, 0.1) is 28.4 Å². The molecule has 0 saturated heterocycles. The number of benzene rings is 5. The summed E-state index contributed by atoms with van der Waals surface area (Å²) >= 11 is 0. The summed E-state index contributed by atoms with van der Waals surface area (Å²) in [6.45, 7) is 2.20. The van der Waals surface area contributed by atoms with Crippen molar-refractivity contribution in [2.75, 3.05) is 5.32 Å². The molecule has 0 amide bonds. The van der Waals surface area contributed by atoms with E-state index in [0.717, 1.165) is 87.2 Å². The lowest BCUT2D eigenvalue weighted by Crippen LogP contribution is -2.05. The maximum Gasteiger partial charge on any atom is 0.101 e. The second kappa shape index (κ2) is 12.7. The summed E-state index contributed by atoms with van der Waals surface area (Å²) < 4.78 is 2.19. The van der Waals surface area contributed by atoms with Gasteiger partial charge >= 0.3 is 0 Å². The molecule has 4 nitrogen and oxygen atoms in total. The van der Waals surface area contributed by atoms with Gasteiger partial charge < -0.3 is 9.88 Å². The molecule has 4 heteroatoms. The minimum Gasteiger partial charge on any atom is -0.355 e. The highest BCUT2D eigenvalue weighted by atomic mass is 15.0. The maximum atomic E-state index is 10.5. The highest BCUT2D eigenvalue weighted by Gasteiger charge is 2.22. The van der Waals surface area contributed by atoms with Crippen molar-refractivity contribution >= 4 is 33.9 Å². The van der Waals surface area contributed by atoms with Crippen molar-refractivity contribution in [2.45, 2.75) is 32.6 Å². The number of para-hydroxylation sites is 2. The third kappa shape index (κ3) is 5.35. The molecule has 8 rings (SSSR count). The summed E-state index contributed by atoms with van der Waals surface area (Å²) in [6, 6.07) is 42.4. The van der Waals surface area contributed by atoms with Crippen molar-refractivity contribution in [1.82, 2.24) is 4.57 Å². The van der Waals surface area contributed by atoms with Gasteiger partial charge in [0, 0.05) is 39.1 Å². The number of nitrogens with one attached hydrogen (secondary N) is 1. The normalized spacial score (nSPS) is 13.6. The second-order valence-corrected chi connectivity index (χ2v) is 12.7. The molecule has 1 N–H and O–H groups in total. The lowest BCUT2D eigenvalue weighted by Gasteiger charge is -2.20. The molecule has 0 unspecified atom stereocenters. The van der Waals surface area contributed by atoms with Gasteiger partial charge in [-0.2, -0.15) is 10.5 Å². The third-order valence-corrected chi connectivity index (χ3v) is 9.80. The number of rotatable bonds is 6. The zero-order valence-corrected chi connectivity index (χ0v) is 27.4. The Bertz CT molecular complexity index is 2460. The Labute approximate surface area is 287 Å². The van der Waals surface area contributed by atoms with Gasteiger partial charge in [-0.15, -0.1) is 0 Å². The Morgan fingerprint density at radius 1 is 0.633 bits per heavy atom. The monoisotopic (exact) mass is 630 g/mol. The van der Waals surface area contributed by atoms with Crippen molar-refractivity contribution in [3.05, 3.63) is 161 Å². The number of nitriles is 2. The average molecular weight is 631 g/mol. The van der Waals surface area contributed by atoms with Crippen LogP contribution >= 0.6 is 0 Å². The number of hydrogen-bond donors (Lipinski definition) is 1. The van der Waals surface area contributed by atoms with E-state index in [2.05, 4.69) is 144 Å². The van der Waals surface area contributed by atoms with E-state index in [-0.39, 0.29) is 0 Å². The summed E-state index contributed by atoms with van der Waals surface area (Å²) in [6.07, 6.45) is 12.7. The van der Waals surface area contributed by atoms with Crippen LogP contribution in [0.15, 0.2) is 133 Å². The van der Waals surface area contributed by atoms with Crippen LogP contribution in [0.2, 0.25) is 0 Å². The number of anilines is 2. The van der Waals surface area contributed by atoms with Crippen LogP contribution in [-0.4, -0.2) is 4.57 Å². The summed E-state index contributed by atoms with van der Waals surface area (Å²) in [5, 5.41) is 25.1. The van der Waals surface area contributed by atoms with Gasteiger partial charge in [0.1, 0.15) is 6.07 Å². The molecule has 0 saturated carbocycles. The maximum absolute atomic E-state index is 10.5. The van der Waals surface area contributed by atoms with E-state index < -0.39 is 0 Å². The molecule has 6 aromatic rings. The predicted molar refractivity (Wildman–Crippen MR) is 202 cm³/mol. The predicted octanol–water partition coefficient (Wildman–Crippen LogP) is 11.5. The molecule has 49 heavy (non-hydrogen) atoms. The number of aromatic nitrogens is 1. The van der Waals surface area contributed by atoms with Crippen LogP contribution < -0.4 is 5.32 Å². The van der Waals surface area contributed by atoms with E-state index in [1.54, 1.807) is 0 Å². The minimum atomic E-state index is 0.598. The minimum absolute atomic E-state index is 0.598. The van der Waals surface area contributed by atoms with Gasteiger partial charge in [0.2, 0.25) is 0 Å². The Kier molecular flexibility index (Phi) is 7.77. The Morgan fingerprint density at radius 3 is 2.14 bits per heavy atom. The van der Waals surface area contributed by atoms with Gasteiger partial charge in [0.15, 0.2) is 0 Å². The van der Waals surface area contributed by atoms with Crippen LogP contribution in [0, 0.1) is 22.7 Å². The van der Waals surface area contributed by atoms with E-state index >= 15 is 0 Å². The fourth-order valence-corrected chi connectivity index (χ4v) is 7.48. The molecule has 234 valence electrons. The molecule has 2 aliphatic rings. The molecular formula is C45H34N4. The standard InChI is InChI=1S/C45H34N4/c1-30-12-2-3-16-36(30)38-18-5-8-21-41(38)48-40-20-7-4-17-37(40)33-14-10-13-31(26-33)32-24-25-42(35(27-32)29-47)49-43-22-9-6-19-39(43)45-34(28-46)15-11-23-44(45)49/h2,4-8,10-15,17-21,23-27,48H,3,9,16,22H2,1H3. The van der Waals surface area contributed by atoms with Gasteiger partial charge in [-0.25, -0.2) is 0 Å². The van der Waals surface area contributed by atoms with Crippen LogP contribution in [-0.2, 0) is 6.42 Å². The number of allylic oxidation sites excluding steroid dienone is 5. The fraction of sp³-hybridized carbons (Fsp3) is 0.111. The molecular weight excluding hydrogens is 597 g/mol. The first-order valence-corrected chi connectivity index (χ1v) is 16.8. The van der Waals surface area contributed by atoms with E-state index in [9.17, 15) is 10.5 Å². The molecule has 0 fully saturated rings. The van der Waals surface area contributed by atoms with E-state index in [4.69, 9.17) is 0 Å². The molecule has 1 heterocycles. The first-order chi connectivity index (χ1) is 24.1. The van der Waals surface area contributed by atoms with Crippen LogP contribution in [0.3, 0.4) is 0 Å². The van der Waals surface area contributed by atoms with Crippen molar-refractivity contribution < 1.29 is 0 Å². The molecule has 0 atom stereocenters. The number of fused-ring (bicyclic) bond motifs is 3. The quantitative estimate of drug-likeness (QED) is 0.199. The summed E-state index contributed by atoms with van der Waals surface area (Å²) in [4.78, 5) is 0. The molecule has 0 spiro atoms. The lowest BCUT2D eigenvalue weighted by molar-refractivity contribution is 0.887. The fourth-order valence-electron chi connectivity index (χ4n) is 7.48. The molecule has 5 aromatic carbocycles. The van der Waals surface area contributed by atoms with Crippen molar-refractivity contribution in [2.24, 2.45) is 0 Å². The SMILES string of the molecule is CC1=C(c2ccccc2Nc2ccccc2-c2cccc(-c3ccc(-n4c5c(c6c(C#N)cccc64)C=CCC5)c(C#N)c3)c2)CCC=C1. The first kappa shape index (κ1) is 30.0. The smallest absolute Gasteiger partial charge is 0.101 e. The number of hydrogen-bond acceptors (Lipinski definition) is 3. The molecule has 2 aliphatic carbocycles.